The molecule has 2 N–H and O–H groups in total. The van der Waals surface area contributed by atoms with Crippen molar-refractivity contribution >= 4 is 22.9 Å². The van der Waals surface area contributed by atoms with Gasteiger partial charge < -0.3 is 0 Å². The number of fused-ring (bicyclic) bond motifs is 1. The summed E-state index contributed by atoms with van der Waals surface area (Å²) >= 11 is 0. The molecule has 0 radical (unpaired) electrons. The summed E-state index contributed by atoms with van der Waals surface area (Å²) in [6.07, 6.45) is 1.50. The molecule has 0 aliphatic heterocycles. The quantitative estimate of drug-likeness (QED) is 0.549. The summed E-state index contributed by atoms with van der Waals surface area (Å²) < 4.78 is 0. The van der Waals surface area contributed by atoms with Crippen LogP contribution in [0, 0.1) is 24.7 Å². The van der Waals surface area contributed by atoms with Crippen molar-refractivity contribution in [1.29, 1.82) is 10.8 Å². The Bertz CT molecular complexity index is 567. The first-order valence-electron chi connectivity index (χ1n) is 5.15. The van der Waals surface area contributed by atoms with Gasteiger partial charge in [-0.15, -0.1) is 0 Å². The van der Waals surface area contributed by atoms with Crippen molar-refractivity contribution in [2.24, 2.45) is 0 Å². The Morgan fingerprint density at radius 3 is 1.94 bits per heavy atom. The van der Waals surface area contributed by atoms with Crippen molar-refractivity contribution in [3.63, 3.8) is 0 Å². The van der Waals surface area contributed by atoms with E-state index in [4.69, 9.17) is 20.4 Å². The number of benzene rings is 2. The standard InChI is InChI=1S/C12H12.2CHNO/c1-9-7-8-11-5-3-4-6-12(11)10(9)2;2*2-1-3/h3-8H,1-2H3;2*2H. The van der Waals surface area contributed by atoms with E-state index >= 15 is 0 Å². The first kappa shape index (κ1) is 15.5. The average Bonchev–Trinajstić information content (AvgIpc) is 2.36. The van der Waals surface area contributed by atoms with Crippen molar-refractivity contribution in [2.75, 3.05) is 0 Å². The van der Waals surface area contributed by atoms with Crippen LogP contribution in [0.15, 0.2) is 36.4 Å². The molecular formula is C14H14N2O2. The molecule has 0 fully saturated rings. The van der Waals surface area contributed by atoms with Crippen molar-refractivity contribution in [3.05, 3.63) is 47.5 Å². The lowest BCUT2D eigenvalue weighted by atomic mass is 10.0. The summed E-state index contributed by atoms with van der Waals surface area (Å²) in [6, 6.07) is 12.9. The fourth-order valence-electron chi connectivity index (χ4n) is 1.54. The van der Waals surface area contributed by atoms with Gasteiger partial charge in [-0.05, 0) is 35.7 Å². The Morgan fingerprint density at radius 1 is 0.889 bits per heavy atom. The number of aryl methyl sites for hydroxylation is 2. The van der Waals surface area contributed by atoms with Gasteiger partial charge in [0.15, 0.2) is 0 Å². The van der Waals surface area contributed by atoms with Crippen molar-refractivity contribution in [2.45, 2.75) is 13.8 Å². The molecule has 0 aliphatic carbocycles. The molecule has 18 heavy (non-hydrogen) atoms. The molecule has 0 heterocycles. The van der Waals surface area contributed by atoms with Crippen LogP contribution in [0.2, 0.25) is 0 Å². The van der Waals surface area contributed by atoms with E-state index in [-0.39, 0.29) is 0 Å². The van der Waals surface area contributed by atoms with Gasteiger partial charge in [0.05, 0.1) is 0 Å². The van der Waals surface area contributed by atoms with Gasteiger partial charge in [-0.1, -0.05) is 36.4 Å². The third-order valence-corrected chi connectivity index (χ3v) is 2.47. The maximum atomic E-state index is 8.35. The maximum absolute atomic E-state index is 8.35. The van der Waals surface area contributed by atoms with E-state index in [0.717, 1.165) is 12.2 Å². The molecule has 0 saturated carbocycles. The van der Waals surface area contributed by atoms with Gasteiger partial charge in [0.2, 0.25) is 12.2 Å². The van der Waals surface area contributed by atoms with Crippen LogP contribution in [0.5, 0.6) is 0 Å². The number of nitrogens with one attached hydrogen (secondary N) is 2. The molecule has 0 spiro atoms. The van der Waals surface area contributed by atoms with Crippen LogP contribution >= 0.6 is 0 Å². The lowest BCUT2D eigenvalue weighted by molar-refractivity contribution is 0.562. The summed E-state index contributed by atoms with van der Waals surface area (Å²) in [5, 5.41) is 13.5. The van der Waals surface area contributed by atoms with Crippen molar-refractivity contribution in [1.82, 2.24) is 0 Å². The molecule has 0 bridgehead atoms. The second-order valence-electron chi connectivity index (χ2n) is 3.43. The zero-order chi connectivity index (χ0) is 14.0. The normalized spacial score (nSPS) is 7.89. The molecule has 0 atom stereocenters. The maximum Gasteiger partial charge on any atom is 0.231 e. The van der Waals surface area contributed by atoms with Crippen LogP contribution in [-0.4, -0.2) is 12.2 Å². The van der Waals surface area contributed by atoms with Gasteiger partial charge in [0.25, 0.3) is 0 Å². The van der Waals surface area contributed by atoms with E-state index < -0.39 is 0 Å². The first-order valence-corrected chi connectivity index (χ1v) is 5.15. The minimum Gasteiger partial charge on any atom is -0.222 e. The SMILES string of the molecule is Cc1ccc2ccccc2c1C.N=C=O.N=C=O. The zero-order valence-corrected chi connectivity index (χ0v) is 10.3. The van der Waals surface area contributed by atoms with E-state index in [2.05, 4.69) is 50.2 Å². The Labute approximate surface area is 105 Å². The van der Waals surface area contributed by atoms with E-state index in [0.29, 0.717) is 0 Å². The molecule has 2 aromatic rings. The highest BCUT2D eigenvalue weighted by molar-refractivity contribution is 5.86. The Morgan fingerprint density at radius 2 is 1.39 bits per heavy atom. The zero-order valence-electron chi connectivity index (χ0n) is 10.3. The minimum absolute atomic E-state index is 0.750. The molecule has 0 aliphatic rings. The van der Waals surface area contributed by atoms with Crippen LogP contribution in [0.1, 0.15) is 11.1 Å². The van der Waals surface area contributed by atoms with E-state index in [1.807, 2.05) is 0 Å². The average molecular weight is 242 g/mol. The topological polar surface area (TPSA) is 81.8 Å². The highest BCUT2D eigenvalue weighted by atomic mass is 16.1. The largest absolute Gasteiger partial charge is 0.231 e. The fraction of sp³-hybridized carbons (Fsp3) is 0.143. The van der Waals surface area contributed by atoms with Crippen LogP contribution in [-0.2, 0) is 9.59 Å². The molecule has 2 aromatic carbocycles. The molecule has 0 aromatic heterocycles. The number of isocyanates is 2. The molecule has 92 valence electrons. The van der Waals surface area contributed by atoms with E-state index in [1.165, 1.54) is 21.9 Å². The highest BCUT2D eigenvalue weighted by Gasteiger charge is 1.97. The summed E-state index contributed by atoms with van der Waals surface area (Å²) in [7, 11) is 0. The summed E-state index contributed by atoms with van der Waals surface area (Å²) in [4.78, 5) is 16.7. The van der Waals surface area contributed by atoms with Crippen molar-refractivity contribution < 1.29 is 9.59 Å². The summed E-state index contributed by atoms with van der Waals surface area (Å²) in [5.41, 5.74) is 2.77. The second-order valence-corrected chi connectivity index (χ2v) is 3.43. The van der Waals surface area contributed by atoms with Crippen LogP contribution in [0.25, 0.3) is 10.8 Å². The summed E-state index contributed by atoms with van der Waals surface area (Å²) in [5.74, 6) is 0. The van der Waals surface area contributed by atoms with Gasteiger partial charge in [-0.2, -0.15) is 0 Å². The fourth-order valence-corrected chi connectivity index (χ4v) is 1.54. The predicted octanol–water partition coefficient (Wildman–Crippen LogP) is 3.26. The molecular weight excluding hydrogens is 228 g/mol. The molecule has 4 nitrogen and oxygen atoms in total. The lowest BCUT2D eigenvalue weighted by Crippen LogP contribution is -1.82. The number of rotatable bonds is 0. The van der Waals surface area contributed by atoms with Gasteiger partial charge >= 0.3 is 0 Å². The van der Waals surface area contributed by atoms with Gasteiger partial charge in [-0.25, -0.2) is 20.4 Å². The molecule has 2 rings (SSSR count). The van der Waals surface area contributed by atoms with Gasteiger partial charge in [0, 0.05) is 0 Å². The third kappa shape index (κ3) is 4.54. The van der Waals surface area contributed by atoms with Crippen LogP contribution in [0.3, 0.4) is 0 Å². The first-order chi connectivity index (χ1) is 8.62. The molecule has 0 unspecified atom stereocenters. The van der Waals surface area contributed by atoms with Crippen LogP contribution in [0.4, 0.5) is 0 Å². The van der Waals surface area contributed by atoms with Crippen LogP contribution < -0.4 is 0 Å². The van der Waals surface area contributed by atoms with E-state index in [9.17, 15) is 0 Å². The molecule has 0 amide bonds. The number of hydrogen-bond acceptors (Lipinski definition) is 4. The number of hydrogen-bond donors (Lipinski definition) is 2. The minimum atomic E-state index is 0.750. The second kappa shape index (κ2) is 8.59. The molecule has 4 heteroatoms. The van der Waals surface area contributed by atoms with Crippen molar-refractivity contribution in [3.8, 4) is 0 Å². The lowest BCUT2D eigenvalue weighted by Gasteiger charge is -2.04. The predicted molar refractivity (Wildman–Crippen MR) is 70.2 cm³/mol. The Kier molecular flexibility index (Phi) is 7.38. The Hall–Kier alpha value is -2.54. The third-order valence-electron chi connectivity index (χ3n) is 2.47. The monoisotopic (exact) mass is 242 g/mol. The highest BCUT2D eigenvalue weighted by Crippen LogP contribution is 2.20. The Balaban J connectivity index is 0.000000414. The number of carbonyl (C=O) groups excluding carboxylic acids is 2. The van der Waals surface area contributed by atoms with Gasteiger partial charge in [-0.3, -0.25) is 0 Å². The smallest absolute Gasteiger partial charge is 0.222 e. The van der Waals surface area contributed by atoms with E-state index in [1.54, 1.807) is 0 Å². The van der Waals surface area contributed by atoms with Gasteiger partial charge in [0.1, 0.15) is 0 Å². The summed E-state index contributed by atoms with van der Waals surface area (Å²) in [6.45, 7) is 4.33. The molecule has 0 saturated heterocycles.